The van der Waals surface area contributed by atoms with Gasteiger partial charge in [0.1, 0.15) is 0 Å². The van der Waals surface area contributed by atoms with Crippen molar-refractivity contribution in [2.75, 3.05) is 0 Å². The fourth-order valence-corrected chi connectivity index (χ4v) is 3.13. The van der Waals surface area contributed by atoms with Crippen LogP contribution in [0.3, 0.4) is 0 Å². The SMILES string of the molecule is Clc1ccc([C@H](NCc2cc[nH]c2)c2cccs2)cc1. The first-order chi connectivity index (χ1) is 9.83. The molecule has 0 saturated carbocycles. The fraction of sp³-hybridized carbons (Fsp3) is 0.125. The molecule has 2 N–H and O–H groups in total. The minimum atomic E-state index is 0.196. The Balaban J connectivity index is 1.82. The molecule has 20 heavy (non-hydrogen) atoms. The van der Waals surface area contributed by atoms with Crippen molar-refractivity contribution >= 4 is 22.9 Å². The molecule has 1 aromatic carbocycles. The number of rotatable bonds is 5. The number of hydrogen-bond acceptors (Lipinski definition) is 2. The van der Waals surface area contributed by atoms with Crippen molar-refractivity contribution in [1.29, 1.82) is 0 Å². The van der Waals surface area contributed by atoms with E-state index in [0.29, 0.717) is 0 Å². The molecule has 3 rings (SSSR count). The topological polar surface area (TPSA) is 27.8 Å². The van der Waals surface area contributed by atoms with Gasteiger partial charge in [-0.25, -0.2) is 0 Å². The van der Waals surface area contributed by atoms with Crippen LogP contribution in [0.1, 0.15) is 22.0 Å². The average Bonchev–Trinajstić information content (AvgIpc) is 3.14. The van der Waals surface area contributed by atoms with Crippen LogP contribution >= 0.6 is 22.9 Å². The molecule has 0 aliphatic rings. The van der Waals surface area contributed by atoms with Crippen LogP contribution in [0.5, 0.6) is 0 Å². The van der Waals surface area contributed by atoms with Crippen molar-refractivity contribution < 1.29 is 0 Å². The Labute approximate surface area is 127 Å². The normalized spacial score (nSPS) is 12.4. The van der Waals surface area contributed by atoms with Crippen molar-refractivity contribution in [3.63, 3.8) is 0 Å². The Morgan fingerprint density at radius 3 is 2.65 bits per heavy atom. The second-order valence-electron chi connectivity index (χ2n) is 4.60. The number of H-pyrrole nitrogens is 1. The van der Waals surface area contributed by atoms with E-state index in [2.05, 4.69) is 46.0 Å². The molecule has 4 heteroatoms. The predicted octanol–water partition coefficient (Wildman–Crippen LogP) is 4.61. The molecule has 2 nitrogen and oxygen atoms in total. The second kappa shape index (κ2) is 6.27. The maximum atomic E-state index is 5.98. The Morgan fingerprint density at radius 1 is 1.15 bits per heavy atom. The zero-order chi connectivity index (χ0) is 13.8. The predicted molar refractivity (Wildman–Crippen MR) is 85.2 cm³/mol. The van der Waals surface area contributed by atoms with E-state index in [1.807, 2.05) is 24.5 Å². The Hall–Kier alpha value is -1.55. The minimum absolute atomic E-state index is 0.196. The average molecular weight is 303 g/mol. The number of thiophene rings is 1. The van der Waals surface area contributed by atoms with Gasteiger partial charge in [-0.05, 0) is 40.8 Å². The quantitative estimate of drug-likeness (QED) is 0.708. The van der Waals surface area contributed by atoms with Gasteiger partial charge in [-0.2, -0.15) is 0 Å². The summed E-state index contributed by atoms with van der Waals surface area (Å²) in [5.41, 5.74) is 2.48. The van der Waals surface area contributed by atoms with E-state index in [0.717, 1.165) is 11.6 Å². The third-order valence-electron chi connectivity index (χ3n) is 3.20. The van der Waals surface area contributed by atoms with E-state index in [1.54, 1.807) is 11.3 Å². The molecule has 0 fully saturated rings. The van der Waals surface area contributed by atoms with Gasteiger partial charge >= 0.3 is 0 Å². The molecule has 0 saturated heterocycles. The molecule has 1 atom stereocenters. The van der Waals surface area contributed by atoms with Crippen LogP contribution in [0.4, 0.5) is 0 Å². The maximum absolute atomic E-state index is 5.98. The summed E-state index contributed by atoms with van der Waals surface area (Å²) in [5, 5.41) is 6.48. The van der Waals surface area contributed by atoms with Gasteiger partial charge in [-0.1, -0.05) is 29.8 Å². The lowest BCUT2D eigenvalue weighted by Crippen LogP contribution is -2.20. The second-order valence-corrected chi connectivity index (χ2v) is 6.02. The molecule has 0 unspecified atom stereocenters. The monoisotopic (exact) mass is 302 g/mol. The van der Waals surface area contributed by atoms with Crippen LogP contribution < -0.4 is 5.32 Å². The number of aromatic amines is 1. The van der Waals surface area contributed by atoms with Crippen LogP contribution in [-0.4, -0.2) is 4.98 Å². The highest BCUT2D eigenvalue weighted by atomic mass is 35.5. The molecule has 102 valence electrons. The molecular formula is C16H15ClN2S. The summed E-state index contributed by atoms with van der Waals surface area (Å²) < 4.78 is 0. The van der Waals surface area contributed by atoms with Crippen molar-refractivity contribution in [3.8, 4) is 0 Å². The van der Waals surface area contributed by atoms with Crippen molar-refractivity contribution in [1.82, 2.24) is 10.3 Å². The van der Waals surface area contributed by atoms with Gasteiger partial charge < -0.3 is 10.3 Å². The standard InChI is InChI=1S/C16H15ClN2S/c17-14-5-3-13(4-6-14)16(15-2-1-9-20-15)19-11-12-7-8-18-10-12/h1-10,16,18-19H,11H2/t16-/m0/s1. The van der Waals surface area contributed by atoms with Gasteiger partial charge in [0.15, 0.2) is 0 Å². The third-order valence-corrected chi connectivity index (χ3v) is 4.39. The summed E-state index contributed by atoms with van der Waals surface area (Å²) in [5.74, 6) is 0. The lowest BCUT2D eigenvalue weighted by Gasteiger charge is -2.18. The summed E-state index contributed by atoms with van der Waals surface area (Å²) >= 11 is 7.74. The zero-order valence-corrected chi connectivity index (χ0v) is 12.4. The minimum Gasteiger partial charge on any atom is -0.367 e. The molecule has 0 aliphatic heterocycles. The maximum Gasteiger partial charge on any atom is 0.0673 e. The van der Waals surface area contributed by atoms with E-state index >= 15 is 0 Å². The number of aromatic nitrogens is 1. The fourth-order valence-electron chi connectivity index (χ4n) is 2.18. The molecular weight excluding hydrogens is 288 g/mol. The first kappa shape index (κ1) is 13.4. The van der Waals surface area contributed by atoms with E-state index in [1.165, 1.54) is 16.0 Å². The van der Waals surface area contributed by atoms with Crippen molar-refractivity contribution in [2.45, 2.75) is 12.6 Å². The molecule has 0 radical (unpaired) electrons. The lowest BCUT2D eigenvalue weighted by atomic mass is 10.1. The summed E-state index contributed by atoms with van der Waals surface area (Å²) in [6.45, 7) is 0.828. The number of nitrogens with one attached hydrogen (secondary N) is 2. The van der Waals surface area contributed by atoms with Gasteiger partial charge in [-0.3, -0.25) is 0 Å². The highest BCUT2D eigenvalue weighted by Crippen LogP contribution is 2.27. The first-order valence-electron chi connectivity index (χ1n) is 6.47. The summed E-state index contributed by atoms with van der Waals surface area (Å²) in [6.07, 6.45) is 3.96. The summed E-state index contributed by atoms with van der Waals surface area (Å²) in [6, 6.07) is 14.6. The summed E-state index contributed by atoms with van der Waals surface area (Å²) in [4.78, 5) is 4.39. The zero-order valence-electron chi connectivity index (χ0n) is 10.8. The molecule has 3 aromatic rings. The molecule has 2 heterocycles. The molecule has 0 spiro atoms. The third kappa shape index (κ3) is 3.12. The van der Waals surface area contributed by atoms with E-state index in [9.17, 15) is 0 Å². The summed E-state index contributed by atoms with van der Waals surface area (Å²) in [7, 11) is 0. The van der Waals surface area contributed by atoms with Crippen LogP contribution in [-0.2, 0) is 6.54 Å². The van der Waals surface area contributed by atoms with Gasteiger partial charge in [0.05, 0.1) is 6.04 Å². The van der Waals surface area contributed by atoms with Crippen LogP contribution in [0.15, 0.2) is 60.2 Å². The molecule has 0 amide bonds. The Morgan fingerprint density at radius 2 is 2.00 bits per heavy atom. The Bertz CT molecular complexity index is 630. The van der Waals surface area contributed by atoms with Crippen molar-refractivity contribution in [3.05, 3.63) is 81.3 Å². The Kier molecular flexibility index (Phi) is 4.21. The highest BCUT2D eigenvalue weighted by molar-refractivity contribution is 7.10. The van der Waals surface area contributed by atoms with Gasteiger partial charge in [0, 0.05) is 28.8 Å². The van der Waals surface area contributed by atoms with Gasteiger partial charge in [0.25, 0.3) is 0 Å². The van der Waals surface area contributed by atoms with E-state index in [4.69, 9.17) is 11.6 Å². The van der Waals surface area contributed by atoms with Crippen molar-refractivity contribution in [2.24, 2.45) is 0 Å². The van der Waals surface area contributed by atoms with Gasteiger partial charge in [-0.15, -0.1) is 11.3 Å². The highest BCUT2D eigenvalue weighted by Gasteiger charge is 2.14. The first-order valence-corrected chi connectivity index (χ1v) is 7.72. The van der Waals surface area contributed by atoms with Crippen LogP contribution in [0.25, 0.3) is 0 Å². The number of hydrogen-bond donors (Lipinski definition) is 2. The smallest absolute Gasteiger partial charge is 0.0673 e. The van der Waals surface area contributed by atoms with E-state index < -0.39 is 0 Å². The number of benzene rings is 1. The molecule has 0 bridgehead atoms. The number of halogens is 1. The van der Waals surface area contributed by atoms with Crippen LogP contribution in [0, 0.1) is 0 Å². The van der Waals surface area contributed by atoms with E-state index in [-0.39, 0.29) is 6.04 Å². The largest absolute Gasteiger partial charge is 0.367 e. The lowest BCUT2D eigenvalue weighted by molar-refractivity contribution is 0.613. The molecule has 0 aliphatic carbocycles. The van der Waals surface area contributed by atoms with Crippen LogP contribution in [0.2, 0.25) is 5.02 Å². The molecule has 2 aromatic heterocycles. The van der Waals surface area contributed by atoms with Gasteiger partial charge in [0.2, 0.25) is 0 Å².